The average Bonchev–Trinajstić information content (AvgIpc) is 2.38. The highest BCUT2D eigenvalue weighted by Gasteiger charge is 2.01. The van der Waals surface area contributed by atoms with Crippen LogP contribution in [-0.4, -0.2) is 6.54 Å². The molecule has 2 heteroatoms. The van der Waals surface area contributed by atoms with Crippen molar-refractivity contribution in [1.82, 2.24) is 0 Å². The Morgan fingerprint density at radius 1 is 1.00 bits per heavy atom. The van der Waals surface area contributed by atoms with Crippen molar-refractivity contribution in [2.75, 3.05) is 6.54 Å². The molecule has 0 amide bonds. The van der Waals surface area contributed by atoms with Gasteiger partial charge in [-0.3, -0.25) is 0 Å². The van der Waals surface area contributed by atoms with Crippen LogP contribution in [0.5, 0.6) is 0 Å². The van der Waals surface area contributed by atoms with Crippen LogP contribution in [0.25, 0.3) is 11.1 Å². The fourth-order valence-electron chi connectivity index (χ4n) is 1.62. The van der Waals surface area contributed by atoms with Crippen molar-refractivity contribution in [3.05, 3.63) is 58.6 Å². The first kappa shape index (κ1) is 11.9. The zero-order valence-corrected chi connectivity index (χ0v) is 10.9. The topological polar surface area (TPSA) is 26.0 Å². The zero-order valence-electron chi connectivity index (χ0n) is 9.28. The van der Waals surface area contributed by atoms with Crippen molar-refractivity contribution in [1.29, 1.82) is 0 Å². The van der Waals surface area contributed by atoms with Gasteiger partial charge in [-0.2, -0.15) is 0 Å². The molecule has 0 heterocycles. The predicted molar refractivity (Wildman–Crippen MR) is 75.5 cm³/mol. The predicted octanol–water partition coefficient (Wildman–Crippen LogP) is 3.43. The van der Waals surface area contributed by atoms with Gasteiger partial charge >= 0.3 is 0 Å². The minimum Gasteiger partial charge on any atom is -0.320 e. The summed E-state index contributed by atoms with van der Waals surface area (Å²) in [6.07, 6.45) is 0. The Morgan fingerprint density at radius 2 is 1.71 bits per heavy atom. The number of hydrogen-bond acceptors (Lipinski definition) is 1. The molecule has 0 aliphatic carbocycles. The quantitative estimate of drug-likeness (QED) is 0.799. The molecule has 2 rings (SSSR count). The molecule has 84 valence electrons. The molecule has 0 fully saturated rings. The molecule has 2 aromatic rings. The van der Waals surface area contributed by atoms with Crippen LogP contribution < -0.4 is 5.73 Å². The van der Waals surface area contributed by atoms with Crippen LogP contribution in [0.3, 0.4) is 0 Å². The van der Waals surface area contributed by atoms with E-state index in [0.29, 0.717) is 6.54 Å². The van der Waals surface area contributed by atoms with Crippen molar-refractivity contribution < 1.29 is 0 Å². The Hall–Kier alpha value is -1.56. The Balaban J connectivity index is 2.48. The lowest BCUT2D eigenvalue weighted by molar-refractivity contribution is 1.30. The lowest BCUT2D eigenvalue weighted by Crippen LogP contribution is -1.93. The van der Waals surface area contributed by atoms with E-state index in [1.165, 1.54) is 0 Å². The summed E-state index contributed by atoms with van der Waals surface area (Å²) in [5.41, 5.74) is 8.72. The second-order valence-electron chi connectivity index (χ2n) is 3.56. The largest absolute Gasteiger partial charge is 0.320 e. The first-order valence-corrected chi connectivity index (χ1v) is 6.14. The van der Waals surface area contributed by atoms with Gasteiger partial charge in [0.2, 0.25) is 0 Å². The van der Waals surface area contributed by atoms with E-state index in [1.807, 2.05) is 30.3 Å². The summed E-state index contributed by atoms with van der Waals surface area (Å²) >= 11 is 3.43. The van der Waals surface area contributed by atoms with Crippen LogP contribution in [0.2, 0.25) is 0 Å². The van der Waals surface area contributed by atoms with Crippen LogP contribution in [0.15, 0.2) is 53.0 Å². The maximum atomic E-state index is 5.41. The van der Waals surface area contributed by atoms with Crippen LogP contribution in [0.1, 0.15) is 5.56 Å². The van der Waals surface area contributed by atoms with Gasteiger partial charge in [0.15, 0.2) is 0 Å². The SMILES string of the molecule is NCC#Cc1ccccc1-c1ccc(Br)cc1. The Morgan fingerprint density at radius 3 is 2.41 bits per heavy atom. The maximum absolute atomic E-state index is 5.41. The van der Waals surface area contributed by atoms with Crippen LogP contribution in [0, 0.1) is 11.8 Å². The Bertz CT molecular complexity index is 561. The van der Waals surface area contributed by atoms with Crippen LogP contribution >= 0.6 is 15.9 Å². The molecule has 0 spiro atoms. The maximum Gasteiger partial charge on any atom is 0.0555 e. The highest BCUT2D eigenvalue weighted by Crippen LogP contribution is 2.24. The lowest BCUT2D eigenvalue weighted by Gasteiger charge is -2.04. The van der Waals surface area contributed by atoms with Gasteiger partial charge in [0.05, 0.1) is 6.54 Å². The fourth-order valence-corrected chi connectivity index (χ4v) is 1.88. The van der Waals surface area contributed by atoms with Gasteiger partial charge in [-0.25, -0.2) is 0 Å². The van der Waals surface area contributed by atoms with Crippen molar-refractivity contribution >= 4 is 15.9 Å². The molecule has 0 radical (unpaired) electrons. The third-order valence-corrected chi connectivity index (χ3v) is 2.94. The molecule has 0 unspecified atom stereocenters. The minimum atomic E-state index is 0.384. The Kier molecular flexibility index (Phi) is 3.98. The number of hydrogen-bond donors (Lipinski definition) is 1. The van der Waals surface area contributed by atoms with Crippen molar-refractivity contribution in [2.24, 2.45) is 5.73 Å². The summed E-state index contributed by atoms with van der Waals surface area (Å²) < 4.78 is 1.08. The second kappa shape index (κ2) is 5.67. The number of halogens is 1. The van der Waals surface area contributed by atoms with Crippen LogP contribution in [-0.2, 0) is 0 Å². The number of benzene rings is 2. The van der Waals surface area contributed by atoms with Gasteiger partial charge in [-0.1, -0.05) is 58.1 Å². The van der Waals surface area contributed by atoms with Crippen molar-refractivity contribution in [3.63, 3.8) is 0 Å². The zero-order chi connectivity index (χ0) is 12.1. The molecule has 2 N–H and O–H groups in total. The van der Waals surface area contributed by atoms with E-state index >= 15 is 0 Å². The lowest BCUT2D eigenvalue weighted by atomic mass is 10.0. The van der Waals surface area contributed by atoms with Gasteiger partial charge in [0.1, 0.15) is 0 Å². The van der Waals surface area contributed by atoms with Crippen molar-refractivity contribution in [2.45, 2.75) is 0 Å². The molecule has 0 atom stereocenters. The highest BCUT2D eigenvalue weighted by molar-refractivity contribution is 9.10. The second-order valence-corrected chi connectivity index (χ2v) is 4.47. The monoisotopic (exact) mass is 285 g/mol. The summed E-state index contributed by atoms with van der Waals surface area (Å²) in [5.74, 6) is 5.99. The Labute approximate surface area is 110 Å². The minimum absolute atomic E-state index is 0.384. The standard InChI is InChI=1S/C15H12BrN/c16-14-9-7-13(8-10-14)15-6-2-1-4-12(15)5-3-11-17/h1-2,4,6-10H,11,17H2. The molecule has 0 saturated carbocycles. The number of nitrogens with two attached hydrogens (primary N) is 1. The summed E-state index contributed by atoms with van der Waals surface area (Å²) in [6.45, 7) is 0.384. The third kappa shape index (κ3) is 2.97. The van der Waals surface area contributed by atoms with Gasteiger partial charge in [-0.15, -0.1) is 0 Å². The highest BCUT2D eigenvalue weighted by atomic mass is 79.9. The van der Waals surface area contributed by atoms with Crippen molar-refractivity contribution in [3.8, 4) is 23.0 Å². The van der Waals surface area contributed by atoms with E-state index in [0.717, 1.165) is 21.2 Å². The van der Waals surface area contributed by atoms with Gasteiger partial charge in [-0.05, 0) is 29.3 Å². The van der Waals surface area contributed by atoms with Gasteiger partial charge < -0.3 is 5.73 Å². The molecular formula is C15H12BrN. The van der Waals surface area contributed by atoms with E-state index in [1.54, 1.807) is 0 Å². The van der Waals surface area contributed by atoms with Crippen LogP contribution in [0.4, 0.5) is 0 Å². The van der Waals surface area contributed by atoms with E-state index in [4.69, 9.17) is 5.73 Å². The molecule has 0 bridgehead atoms. The summed E-state index contributed by atoms with van der Waals surface area (Å²) in [4.78, 5) is 0. The van der Waals surface area contributed by atoms with E-state index < -0.39 is 0 Å². The molecule has 2 aromatic carbocycles. The molecule has 17 heavy (non-hydrogen) atoms. The molecular weight excluding hydrogens is 274 g/mol. The van der Waals surface area contributed by atoms with E-state index in [9.17, 15) is 0 Å². The number of rotatable bonds is 1. The normalized spacial score (nSPS) is 9.53. The smallest absolute Gasteiger partial charge is 0.0555 e. The third-order valence-electron chi connectivity index (χ3n) is 2.41. The first-order valence-electron chi connectivity index (χ1n) is 5.35. The molecule has 1 nitrogen and oxygen atoms in total. The van der Waals surface area contributed by atoms with E-state index in [2.05, 4.69) is 46.0 Å². The summed E-state index contributed by atoms with van der Waals surface area (Å²) in [7, 11) is 0. The molecule has 0 aliphatic heterocycles. The van der Waals surface area contributed by atoms with E-state index in [-0.39, 0.29) is 0 Å². The van der Waals surface area contributed by atoms with Gasteiger partial charge in [0.25, 0.3) is 0 Å². The molecule has 0 saturated heterocycles. The fraction of sp³-hybridized carbons (Fsp3) is 0.0667. The molecule has 0 aliphatic rings. The summed E-state index contributed by atoms with van der Waals surface area (Å²) in [5, 5.41) is 0. The average molecular weight is 286 g/mol. The summed E-state index contributed by atoms with van der Waals surface area (Å²) in [6, 6.07) is 16.3. The first-order chi connectivity index (χ1) is 8.31. The van der Waals surface area contributed by atoms with Gasteiger partial charge in [0, 0.05) is 10.0 Å². The molecule has 0 aromatic heterocycles.